The summed E-state index contributed by atoms with van der Waals surface area (Å²) >= 11 is 1.90. The molecule has 3 aromatic rings. The van der Waals surface area contributed by atoms with Crippen molar-refractivity contribution in [2.75, 3.05) is 29.5 Å². The molecule has 8 heteroatoms. The molecule has 0 bridgehead atoms. The molecular formula is C22H23FN4O2S. The van der Waals surface area contributed by atoms with E-state index in [4.69, 9.17) is 4.42 Å². The van der Waals surface area contributed by atoms with Gasteiger partial charge < -0.3 is 14.6 Å². The van der Waals surface area contributed by atoms with E-state index in [0.29, 0.717) is 23.9 Å². The fourth-order valence-electron chi connectivity index (χ4n) is 3.38. The number of nitrogens with zero attached hydrogens (tertiary/aromatic N) is 3. The van der Waals surface area contributed by atoms with Gasteiger partial charge in [0, 0.05) is 31.0 Å². The van der Waals surface area contributed by atoms with Crippen LogP contribution >= 0.6 is 11.8 Å². The van der Waals surface area contributed by atoms with Gasteiger partial charge in [-0.25, -0.2) is 4.39 Å². The van der Waals surface area contributed by atoms with Crippen LogP contribution in [0.2, 0.25) is 0 Å². The van der Waals surface area contributed by atoms with Crippen molar-refractivity contribution in [3.63, 3.8) is 0 Å². The van der Waals surface area contributed by atoms with E-state index < -0.39 is 6.04 Å². The third-order valence-electron chi connectivity index (χ3n) is 4.88. The van der Waals surface area contributed by atoms with E-state index in [-0.39, 0.29) is 18.1 Å². The maximum absolute atomic E-state index is 13.4. The summed E-state index contributed by atoms with van der Waals surface area (Å²) in [6.45, 7) is 1.73. The summed E-state index contributed by atoms with van der Waals surface area (Å²) in [5.74, 6) is 1.84. The monoisotopic (exact) mass is 426 g/mol. The molecule has 1 atom stereocenters. The van der Waals surface area contributed by atoms with E-state index in [1.807, 2.05) is 42.1 Å². The molecule has 4 rings (SSSR count). The standard InChI is InChI=1S/C22H23FN4O2S/c23-18-8-4-7-17(13-18)15-20(28)24-19(14-16-5-2-1-3-6-16)21-25-26-22(29-21)27-9-11-30-12-10-27/h1-8,13,19H,9-12,14-15H2,(H,24,28)/t19-/m0/s1. The van der Waals surface area contributed by atoms with Gasteiger partial charge in [-0.2, -0.15) is 11.8 Å². The average molecular weight is 427 g/mol. The third kappa shape index (κ3) is 5.38. The first-order valence-electron chi connectivity index (χ1n) is 9.91. The largest absolute Gasteiger partial charge is 0.406 e. The average Bonchev–Trinajstić information content (AvgIpc) is 3.25. The molecule has 0 saturated carbocycles. The van der Waals surface area contributed by atoms with Crippen molar-refractivity contribution in [2.24, 2.45) is 0 Å². The van der Waals surface area contributed by atoms with Gasteiger partial charge in [-0.1, -0.05) is 47.6 Å². The predicted molar refractivity (Wildman–Crippen MR) is 115 cm³/mol. The van der Waals surface area contributed by atoms with Gasteiger partial charge in [-0.3, -0.25) is 4.79 Å². The topological polar surface area (TPSA) is 71.3 Å². The Bertz CT molecular complexity index is 976. The van der Waals surface area contributed by atoms with Crippen LogP contribution in [-0.4, -0.2) is 40.7 Å². The number of rotatable bonds is 7. The SMILES string of the molecule is O=C(Cc1cccc(F)c1)N[C@@H](Cc1ccccc1)c1nnc(N2CCSCC2)o1. The summed E-state index contributed by atoms with van der Waals surface area (Å²) in [6.07, 6.45) is 0.598. The summed E-state index contributed by atoms with van der Waals surface area (Å²) in [5.41, 5.74) is 1.66. The number of aromatic nitrogens is 2. The molecule has 1 N–H and O–H groups in total. The van der Waals surface area contributed by atoms with Crippen molar-refractivity contribution >= 4 is 23.7 Å². The van der Waals surface area contributed by atoms with Gasteiger partial charge in [-0.15, -0.1) is 5.10 Å². The first-order chi connectivity index (χ1) is 14.7. The molecule has 1 amide bonds. The molecular weight excluding hydrogens is 403 g/mol. The molecule has 1 aliphatic rings. The minimum Gasteiger partial charge on any atom is -0.406 e. The van der Waals surface area contributed by atoms with E-state index in [2.05, 4.69) is 20.4 Å². The van der Waals surface area contributed by atoms with Gasteiger partial charge >= 0.3 is 6.01 Å². The molecule has 2 aromatic carbocycles. The van der Waals surface area contributed by atoms with Crippen molar-refractivity contribution in [1.29, 1.82) is 0 Å². The van der Waals surface area contributed by atoms with Crippen LogP contribution in [0.5, 0.6) is 0 Å². The van der Waals surface area contributed by atoms with Crippen LogP contribution in [0.15, 0.2) is 59.0 Å². The molecule has 0 aliphatic carbocycles. The van der Waals surface area contributed by atoms with Crippen LogP contribution in [0.4, 0.5) is 10.4 Å². The predicted octanol–water partition coefficient (Wildman–Crippen LogP) is 3.40. The lowest BCUT2D eigenvalue weighted by Gasteiger charge is -2.24. The summed E-state index contributed by atoms with van der Waals surface area (Å²) in [5, 5.41) is 11.4. The van der Waals surface area contributed by atoms with E-state index in [9.17, 15) is 9.18 Å². The molecule has 30 heavy (non-hydrogen) atoms. The zero-order valence-corrected chi connectivity index (χ0v) is 17.3. The normalized spacial score (nSPS) is 15.0. The van der Waals surface area contributed by atoms with Crippen LogP contribution < -0.4 is 10.2 Å². The lowest BCUT2D eigenvalue weighted by atomic mass is 10.1. The van der Waals surface area contributed by atoms with Gasteiger partial charge in [0.05, 0.1) is 6.42 Å². The number of carbonyl (C=O) groups is 1. The van der Waals surface area contributed by atoms with Gasteiger partial charge in [0.15, 0.2) is 0 Å². The molecule has 6 nitrogen and oxygen atoms in total. The summed E-state index contributed by atoms with van der Waals surface area (Å²) < 4.78 is 19.4. The number of benzene rings is 2. The maximum atomic E-state index is 13.4. The summed E-state index contributed by atoms with van der Waals surface area (Å²) in [6, 6.07) is 15.9. The molecule has 1 saturated heterocycles. The quantitative estimate of drug-likeness (QED) is 0.624. The lowest BCUT2D eigenvalue weighted by Crippen LogP contribution is -2.32. The highest BCUT2D eigenvalue weighted by Crippen LogP contribution is 2.23. The van der Waals surface area contributed by atoms with Gasteiger partial charge in [0.2, 0.25) is 11.8 Å². The number of nitrogens with one attached hydrogen (secondary N) is 1. The number of carbonyl (C=O) groups excluding carboxylic acids is 1. The Kier molecular flexibility index (Phi) is 6.63. The van der Waals surface area contributed by atoms with Crippen molar-refractivity contribution in [1.82, 2.24) is 15.5 Å². The highest BCUT2D eigenvalue weighted by molar-refractivity contribution is 7.99. The van der Waals surface area contributed by atoms with Gasteiger partial charge in [0.25, 0.3) is 0 Å². The Morgan fingerprint density at radius 2 is 1.87 bits per heavy atom. The number of hydrogen-bond donors (Lipinski definition) is 1. The van der Waals surface area contributed by atoms with Crippen LogP contribution in [0.25, 0.3) is 0 Å². The van der Waals surface area contributed by atoms with Crippen molar-refractivity contribution in [2.45, 2.75) is 18.9 Å². The molecule has 0 radical (unpaired) electrons. The fraction of sp³-hybridized carbons (Fsp3) is 0.318. The van der Waals surface area contributed by atoms with Gasteiger partial charge in [-0.05, 0) is 23.3 Å². The molecule has 156 valence electrons. The second kappa shape index (κ2) is 9.75. The highest BCUT2D eigenvalue weighted by Gasteiger charge is 2.24. The van der Waals surface area contributed by atoms with E-state index in [0.717, 1.165) is 30.2 Å². The zero-order valence-electron chi connectivity index (χ0n) is 16.5. The van der Waals surface area contributed by atoms with E-state index in [1.54, 1.807) is 12.1 Å². The second-order valence-corrected chi connectivity index (χ2v) is 8.36. The van der Waals surface area contributed by atoms with Gasteiger partial charge in [0.1, 0.15) is 11.9 Å². The molecule has 0 spiro atoms. The summed E-state index contributed by atoms with van der Waals surface area (Å²) in [7, 11) is 0. The minimum absolute atomic E-state index is 0.0768. The first-order valence-corrected chi connectivity index (χ1v) is 11.1. The van der Waals surface area contributed by atoms with E-state index in [1.165, 1.54) is 12.1 Å². The van der Waals surface area contributed by atoms with Crippen LogP contribution in [-0.2, 0) is 17.6 Å². The van der Waals surface area contributed by atoms with Crippen LogP contribution in [0, 0.1) is 5.82 Å². The van der Waals surface area contributed by atoms with E-state index >= 15 is 0 Å². The third-order valence-corrected chi connectivity index (χ3v) is 5.82. The number of hydrogen-bond acceptors (Lipinski definition) is 6. The van der Waals surface area contributed by atoms with Crippen molar-refractivity contribution in [3.8, 4) is 0 Å². The highest BCUT2D eigenvalue weighted by atomic mass is 32.2. The molecule has 1 aliphatic heterocycles. The molecule has 2 heterocycles. The Morgan fingerprint density at radius 1 is 1.10 bits per heavy atom. The van der Waals surface area contributed by atoms with Crippen molar-refractivity contribution in [3.05, 3.63) is 77.4 Å². The Labute approximate surface area is 178 Å². The number of anilines is 1. The molecule has 0 unspecified atom stereocenters. The Balaban J connectivity index is 1.50. The second-order valence-electron chi connectivity index (χ2n) is 7.14. The number of halogens is 1. The van der Waals surface area contributed by atoms with Crippen LogP contribution in [0.1, 0.15) is 23.1 Å². The maximum Gasteiger partial charge on any atom is 0.318 e. The Hall–Kier alpha value is -2.87. The fourth-order valence-corrected chi connectivity index (χ4v) is 4.28. The smallest absolute Gasteiger partial charge is 0.318 e. The zero-order chi connectivity index (χ0) is 20.8. The number of amides is 1. The molecule has 1 aromatic heterocycles. The lowest BCUT2D eigenvalue weighted by molar-refractivity contribution is -0.121. The van der Waals surface area contributed by atoms with Crippen LogP contribution in [0.3, 0.4) is 0 Å². The Morgan fingerprint density at radius 3 is 2.63 bits per heavy atom. The molecule has 1 fully saturated rings. The summed E-state index contributed by atoms with van der Waals surface area (Å²) in [4.78, 5) is 14.7. The van der Waals surface area contributed by atoms with Crippen molar-refractivity contribution < 1.29 is 13.6 Å². The number of thioether (sulfide) groups is 1. The first kappa shape index (κ1) is 20.4. The minimum atomic E-state index is -0.464.